The van der Waals surface area contributed by atoms with Crippen LogP contribution >= 0.6 is 11.6 Å². The summed E-state index contributed by atoms with van der Waals surface area (Å²) in [6.45, 7) is 0.396. The smallest absolute Gasteiger partial charge is 0.269 e. The van der Waals surface area contributed by atoms with Gasteiger partial charge < -0.3 is 14.8 Å². The number of aromatic nitrogens is 1. The van der Waals surface area contributed by atoms with Crippen LogP contribution in [0.15, 0.2) is 60.7 Å². The highest BCUT2D eigenvalue weighted by atomic mass is 35.5. The second-order valence-electron chi connectivity index (χ2n) is 10.1. The normalized spacial score (nSPS) is 18.3. The minimum absolute atomic E-state index is 0.0823. The van der Waals surface area contributed by atoms with Gasteiger partial charge in [0.05, 0.1) is 30.4 Å². The number of benzene rings is 2. The van der Waals surface area contributed by atoms with E-state index in [0.717, 1.165) is 5.56 Å². The number of fused-ring (bicyclic) bond motifs is 1. The van der Waals surface area contributed by atoms with Gasteiger partial charge in [-0.2, -0.15) is 0 Å². The van der Waals surface area contributed by atoms with Crippen LogP contribution < -0.4 is 5.32 Å². The number of hydrogen-bond donors (Lipinski definition) is 1. The third-order valence-electron chi connectivity index (χ3n) is 7.17. The summed E-state index contributed by atoms with van der Waals surface area (Å²) in [5, 5.41) is 3.17. The van der Waals surface area contributed by atoms with Crippen molar-refractivity contribution in [2.45, 2.75) is 44.4 Å². The highest BCUT2D eigenvalue weighted by Crippen LogP contribution is 2.27. The first-order valence-electron chi connectivity index (χ1n) is 13.5. The van der Waals surface area contributed by atoms with Crippen molar-refractivity contribution in [3.05, 3.63) is 99.3 Å². The quantitative estimate of drug-likeness (QED) is 0.215. The number of nitrogens with one attached hydrogen (secondary N) is 1. The molecule has 0 unspecified atom stereocenters. The summed E-state index contributed by atoms with van der Waals surface area (Å²) in [5.41, 5.74) is 2.95. The molecular weight excluding hydrogens is 546 g/mol. The SMILES string of the molecule is CNC(=O)c1cc(C(=O)CCCCC2OCC(N3C(=O)c4ccccc4C3=O)CO2)cc(Cc2cccc(Cl)c2)n1. The van der Waals surface area contributed by atoms with Crippen LogP contribution in [0.1, 0.15) is 78.5 Å². The van der Waals surface area contributed by atoms with E-state index in [0.29, 0.717) is 53.1 Å². The van der Waals surface area contributed by atoms with E-state index in [2.05, 4.69) is 10.3 Å². The number of ether oxygens (including phenoxy) is 2. The number of hydrogen-bond acceptors (Lipinski definition) is 7. The van der Waals surface area contributed by atoms with Crippen LogP contribution in [0, 0.1) is 0 Å². The average molecular weight is 576 g/mol. The highest BCUT2D eigenvalue weighted by molar-refractivity contribution is 6.30. The van der Waals surface area contributed by atoms with E-state index in [1.807, 2.05) is 18.2 Å². The summed E-state index contributed by atoms with van der Waals surface area (Å²) in [5.74, 6) is -1.10. The van der Waals surface area contributed by atoms with E-state index in [-0.39, 0.29) is 48.8 Å². The van der Waals surface area contributed by atoms with Gasteiger partial charge in [-0.1, -0.05) is 35.9 Å². The number of Topliss-reactive ketones (excluding diaryl/α,β-unsaturated/α-hetero) is 1. The van der Waals surface area contributed by atoms with Gasteiger partial charge in [0.15, 0.2) is 12.1 Å². The minimum Gasteiger partial charge on any atom is -0.354 e. The summed E-state index contributed by atoms with van der Waals surface area (Å²) in [6, 6.07) is 16.9. The molecule has 1 fully saturated rings. The number of carbonyl (C=O) groups excluding carboxylic acids is 4. The Morgan fingerprint density at radius 1 is 0.976 bits per heavy atom. The third kappa shape index (κ3) is 6.53. The highest BCUT2D eigenvalue weighted by Gasteiger charge is 2.41. The topological polar surface area (TPSA) is 115 Å². The standard InChI is InChI=1S/C31H30ClN3O6/c1-33-29(37)26-16-20(15-22(34-26)14-19-7-6-8-21(32)13-19)27(36)11-4-5-12-28-40-17-23(18-41-28)35-30(38)24-9-2-3-10-25(24)31(35)39/h2-3,6-10,13,15-16,23,28H,4-5,11-12,14,17-18H2,1H3,(H,33,37). The molecule has 5 rings (SSSR count). The van der Waals surface area contributed by atoms with E-state index in [9.17, 15) is 19.2 Å². The fourth-order valence-corrected chi connectivity index (χ4v) is 5.28. The molecule has 1 saturated heterocycles. The molecule has 3 aromatic rings. The van der Waals surface area contributed by atoms with E-state index in [1.54, 1.807) is 36.4 Å². The van der Waals surface area contributed by atoms with Gasteiger partial charge in [0.25, 0.3) is 17.7 Å². The number of ketones is 1. The van der Waals surface area contributed by atoms with Crippen LogP contribution in [-0.4, -0.2) is 66.0 Å². The first-order valence-corrected chi connectivity index (χ1v) is 13.9. The van der Waals surface area contributed by atoms with Crippen molar-refractivity contribution in [3.8, 4) is 0 Å². The number of carbonyl (C=O) groups is 4. The Morgan fingerprint density at radius 2 is 1.68 bits per heavy atom. The van der Waals surface area contributed by atoms with Crippen molar-refractivity contribution in [1.82, 2.24) is 15.2 Å². The van der Waals surface area contributed by atoms with E-state index < -0.39 is 12.3 Å². The van der Waals surface area contributed by atoms with Crippen molar-refractivity contribution in [2.75, 3.05) is 20.3 Å². The van der Waals surface area contributed by atoms with E-state index >= 15 is 0 Å². The molecule has 0 atom stereocenters. The zero-order chi connectivity index (χ0) is 28.9. The summed E-state index contributed by atoms with van der Waals surface area (Å²) in [4.78, 5) is 56.4. The molecule has 0 spiro atoms. The summed E-state index contributed by atoms with van der Waals surface area (Å²) in [7, 11) is 1.52. The number of amides is 3. The lowest BCUT2D eigenvalue weighted by Crippen LogP contribution is -2.49. The molecule has 0 bridgehead atoms. The van der Waals surface area contributed by atoms with Gasteiger partial charge >= 0.3 is 0 Å². The maximum atomic E-state index is 13.1. The first-order chi connectivity index (χ1) is 19.8. The molecule has 41 heavy (non-hydrogen) atoms. The van der Waals surface area contributed by atoms with Gasteiger partial charge in [-0.05, 0) is 61.2 Å². The molecular formula is C31H30ClN3O6. The lowest BCUT2D eigenvalue weighted by Gasteiger charge is -2.33. The molecule has 212 valence electrons. The number of halogens is 1. The fraction of sp³-hybridized carbons (Fsp3) is 0.323. The second-order valence-corrected chi connectivity index (χ2v) is 10.5. The molecule has 1 N–H and O–H groups in total. The molecule has 1 aromatic heterocycles. The Labute approximate surface area is 242 Å². The van der Waals surface area contributed by atoms with Crippen LogP contribution in [0.5, 0.6) is 0 Å². The van der Waals surface area contributed by atoms with Crippen molar-refractivity contribution >= 4 is 35.1 Å². The number of pyridine rings is 1. The molecule has 2 aliphatic heterocycles. The maximum Gasteiger partial charge on any atom is 0.269 e. The van der Waals surface area contributed by atoms with E-state index in [4.69, 9.17) is 21.1 Å². The van der Waals surface area contributed by atoms with Crippen LogP contribution in [0.2, 0.25) is 5.02 Å². The van der Waals surface area contributed by atoms with Gasteiger partial charge in [-0.3, -0.25) is 24.1 Å². The number of rotatable bonds is 10. The second kappa shape index (κ2) is 12.7. The summed E-state index contributed by atoms with van der Waals surface area (Å²) < 4.78 is 11.6. The monoisotopic (exact) mass is 575 g/mol. The Kier molecular flexibility index (Phi) is 8.87. The van der Waals surface area contributed by atoms with Crippen LogP contribution in [0.3, 0.4) is 0 Å². The van der Waals surface area contributed by atoms with Crippen LogP contribution in [0.4, 0.5) is 0 Å². The predicted octanol–water partition coefficient (Wildman–Crippen LogP) is 4.47. The largest absolute Gasteiger partial charge is 0.354 e. The fourth-order valence-electron chi connectivity index (χ4n) is 5.07. The third-order valence-corrected chi connectivity index (χ3v) is 7.40. The molecule has 2 aromatic carbocycles. The van der Waals surface area contributed by atoms with Crippen LogP contribution in [0.25, 0.3) is 0 Å². The van der Waals surface area contributed by atoms with Gasteiger partial charge in [-0.25, -0.2) is 4.98 Å². The molecule has 0 aliphatic carbocycles. The molecule has 0 radical (unpaired) electrons. The lowest BCUT2D eigenvalue weighted by molar-refractivity contribution is -0.200. The molecule has 9 nitrogen and oxygen atoms in total. The van der Waals surface area contributed by atoms with Crippen molar-refractivity contribution < 1.29 is 28.7 Å². The molecule has 0 saturated carbocycles. The Balaban J connectivity index is 1.12. The van der Waals surface area contributed by atoms with Gasteiger partial charge in [0.1, 0.15) is 5.69 Å². The van der Waals surface area contributed by atoms with E-state index in [1.165, 1.54) is 18.0 Å². The molecule has 2 aliphatic rings. The molecule has 3 heterocycles. The zero-order valence-electron chi connectivity index (χ0n) is 22.6. The lowest BCUT2D eigenvalue weighted by atomic mass is 10.0. The average Bonchev–Trinajstić information content (AvgIpc) is 3.24. The molecule has 3 amide bonds. The van der Waals surface area contributed by atoms with Crippen molar-refractivity contribution in [3.63, 3.8) is 0 Å². The number of imide groups is 1. The summed E-state index contributed by atoms with van der Waals surface area (Å²) in [6.07, 6.45) is 2.10. The van der Waals surface area contributed by atoms with Crippen LogP contribution in [-0.2, 0) is 15.9 Å². The number of unbranched alkanes of at least 4 members (excludes halogenated alkanes) is 1. The molecule has 10 heteroatoms. The van der Waals surface area contributed by atoms with Gasteiger partial charge in [-0.15, -0.1) is 0 Å². The number of nitrogens with zero attached hydrogens (tertiary/aromatic N) is 2. The Morgan fingerprint density at radius 3 is 2.34 bits per heavy atom. The van der Waals surface area contributed by atoms with Gasteiger partial charge in [0.2, 0.25) is 0 Å². The minimum atomic E-state index is -0.484. The Hall–Kier alpha value is -3.92. The predicted molar refractivity (Wildman–Crippen MR) is 151 cm³/mol. The van der Waals surface area contributed by atoms with Gasteiger partial charge in [0, 0.05) is 36.2 Å². The zero-order valence-corrected chi connectivity index (χ0v) is 23.4. The Bertz CT molecular complexity index is 1450. The summed E-state index contributed by atoms with van der Waals surface area (Å²) >= 11 is 6.10. The first kappa shape index (κ1) is 28.6. The van der Waals surface area contributed by atoms with Crippen molar-refractivity contribution in [2.24, 2.45) is 0 Å². The van der Waals surface area contributed by atoms with Crippen molar-refractivity contribution in [1.29, 1.82) is 0 Å². The maximum absolute atomic E-state index is 13.1.